The molecule has 0 radical (unpaired) electrons. The zero-order chi connectivity index (χ0) is 19.7. The molecular formula is C23H24N3O2+. The molecule has 0 saturated carbocycles. The summed E-state index contributed by atoms with van der Waals surface area (Å²) < 4.78 is 0. The van der Waals surface area contributed by atoms with E-state index in [1.807, 2.05) is 67.7 Å². The number of fused-ring (bicyclic) bond motifs is 1. The molecule has 1 aliphatic heterocycles. The smallest absolute Gasteiger partial charge is 0.319 e. The number of quaternary nitrogens is 1. The van der Waals surface area contributed by atoms with Crippen LogP contribution >= 0.6 is 0 Å². The van der Waals surface area contributed by atoms with E-state index in [2.05, 4.69) is 17.4 Å². The molecule has 1 unspecified atom stereocenters. The van der Waals surface area contributed by atoms with Crippen LogP contribution in [0.5, 0.6) is 0 Å². The second-order valence-corrected chi connectivity index (χ2v) is 7.63. The Morgan fingerprint density at radius 3 is 2.36 bits per heavy atom. The summed E-state index contributed by atoms with van der Waals surface area (Å²) in [5.74, 6) is -0.208. The van der Waals surface area contributed by atoms with Crippen molar-refractivity contribution < 1.29 is 14.5 Å². The molecule has 5 nitrogen and oxygen atoms in total. The van der Waals surface area contributed by atoms with E-state index in [0.717, 1.165) is 27.8 Å². The Hall–Kier alpha value is -3.18. The standard InChI is InChI=1S/C23H23N3O2/c1-23(20-13-12-18-10-6-7-11-19(18)14-20)21(27)26(22(28)24-23)16-25(2)15-17-8-4-3-5-9-17/h3-14H,15-16H2,1-2H3,(H,24,28)/p+1/t23-/m0/s1. The van der Waals surface area contributed by atoms with E-state index < -0.39 is 5.54 Å². The van der Waals surface area contributed by atoms with Gasteiger partial charge in [-0.3, -0.25) is 4.79 Å². The molecule has 0 spiro atoms. The maximum absolute atomic E-state index is 13.2. The van der Waals surface area contributed by atoms with E-state index >= 15 is 0 Å². The number of benzene rings is 3. The summed E-state index contributed by atoms with van der Waals surface area (Å²) in [6.45, 7) is 2.84. The lowest BCUT2D eigenvalue weighted by atomic mass is 9.90. The molecule has 3 amide bonds. The number of carbonyl (C=O) groups excluding carboxylic acids is 2. The van der Waals surface area contributed by atoms with Crippen LogP contribution < -0.4 is 10.2 Å². The molecule has 3 aromatic carbocycles. The number of nitrogens with zero attached hydrogens (tertiary/aromatic N) is 1. The molecule has 1 saturated heterocycles. The molecule has 1 aliphatic rings. The predicted octanol–water partition coefficient (Wildman–Crippen LogP) is 2.28. The second-order valence-electron chi connectivity index (χ2n) is 7.63. The summed E-state index contributed by atoms with van der Waals surface area (Å²) in [7, 11) is 1.99. The highest BCUT2D eigenvalue weighted by molar-refractivity contribution is 6.07. The third-order valence-electron chi connectivity index (χ3n) is 5.38. The van der Waals surface area contributed by atoms with Gasteiger partial charge in [-0.05, 0) is 29.3 Å². The van der Waals surface area contributed by atoms with Gasteiger partial charge in [0.15, 0.2) is 6.67 Å². The van der Waals surface area contributed by atoms with Gasteiger partial charge in [0.1, 0.15) is 12.1 Å². The van der Waals surface area contributed by atoms with Gasteiger partial charge in [-0.1, -0.05) is 66.7 Å². The van der Waals surface area contributed by atoms with Crippen LogP contribution in [-0.4, -0.2) is 30.6 Å². The maximum Gasteiger partial charge on any atom is 0.329 e. The Kier molecular flexibility index (Phi) is 4.61. The number of carbonyl (C=O) groups is 2. The minimum atomic E-state index is -1.05. The van der Waals surface area contributed by atoms with Gasteiger partial charge in [0.2, 0.25) is 0 Å². The minimum absolute atomic E-state index is 0.208. The van der Waals surface area contributed by atoms with Gasteiger partial charge < -0.3 is 10.2 Å². The third-order valence-corrected chi connectivity index (χ3v) is 5.38. The maximum atomic E-state index is 13.2. The molecule has 0 bridgehead atoms. The van der Waals surface area contributed by atoms with Crippen LogP contribution in [0.25, 0.3) is 10.8 Å². The Balaban J connectivity index is 1.55. The van der Waals surface area contributed by atoms with Crippen molar-refractivity contribution in [2.24, 2.45) is 0 Å². The molecule has 142 valence electrons. The second kappa shape index (κ2) is 7.09. The quantitative estimate of drug-likeness (QED) is 0.673. The summed E-state index contributed by atoms with van der Waals surface area (Å²) >= 11 is 0. The molecule has 2 atom stereocenters. The third kappa shape index (κ3) is 3.25. The Morgan fingerprint density at radius 2 is 1.61 bits per heavy atom. The Bertz CT molecular complexity index is 1030. The van der Waals surface area contributed by atoms with Crippen LogP contribution in [0.1, 0.15) is 18.1 Å². The highest BCUT2D eigenvalue weighted by atomic mass is 16.2. The van der Waals surface area contributed by atoms with Crippen molar-refractivity contribution in [3.05, 3.63) is 83.9 Å². The van der Waals surface area contributed by atoms with Gasteiger partial charge in [-0.2, -0.15) is 0 Å². The van der Waals surface area contributed by atoms with Crippen LogP contribution in [0.4, 0.5) is 4.79 Å². The van der Waals surface area contributed by atoms with Crippen LogP contribution in [-0.2, 0) is 16.9 Å². The fourth-order valence-corrected chi connectivity index (χ4v) is 3.81. The number of rotatable bonds is 5. The van der Waals surface area contributed by atoms with Gasteiger partial charge in [0, 0.05) is 5.56 Å². The number of hydrogen-bond donors (Lipinski definition) is 2. The predicted molar refractivity (Wildman–Crippen MR) is 109 cm³/mol. The molecular weight excluding hydrogens is 350 g/mol. The summed E-state index contributed by atoms with van der Waals surface area (Å²) in [4.78, 5) is 28.2. The number of nitrogens with one attached hydrogen (secondary N) is 2. The van der Waals surface area contributed by atoms with Crippen LogP contribution in [0.2, 0.25) is 0 Å². The molecule has 0 aliphatic carbocycles. The fourth-order valence-electron chi connectivity index (χ4n) is 3.81. The molecule has 1 heterocycles. The lowest BCUT2D eigenvalue weighted by Gasteiger charge is -2.23. The van der Waals surface area contributed by atoms with E-state index in [1.54, 1.807) is 6.92 Å². The van der Waals surface area contributed by atoms with Gasteiger partial charge in [0.25, 0.3) is 5.91 Å². The summed E-state index contributed by atoms with van der Waals surface area (Å²) in [5.41, 5.74) is 0.922. The zero-order valence-electron chi connectivity index (χ0n) is 16.1. The van der Waals surface area contributed by atoms with E-state index in [4.69, 9.17) is 0 Å². The largest absolute Gasteiger partial charge is 0.329 e. The molecule has 2 N–H and O–H groups in total. The van der Waals surface area contributed by atoms with E-state index in [1.165, 1.54) is 10.5 Å². The van der Waals surface area contributed by atoms with E-state index in [9.17, 15) is 9.59 Å². The lowest BCUT2D eigenvalue weighted by molar-refractivity contribution is -0.901. The summed E-state index contributed by atoms with van der Waals surface area (Å²) in [6.07, 6.45) is 0. The average Bonchev–Trinajstić information content (AvgIpc) is 2.92. The van der Waals surface area contributed by atoms with Crippen molar-refractivity contribution in [3.8, 4) is 0 Å². The van der Waals surface area contributed by atoms with Crippen molar-refractivity contribution in [1.29, 1.82) is 0 Å². The van der Waals surface area contributed by atoms with E-state index in [0.29, 0.717) is 6.67 Å². The SMILES string of the molecule is C[NH+](Cc1ccccc1)CN1C(=O)N[C@@](C)(c2ccc3ccccc3c2)C1=O. The van der Waals surface area contributed by atoms with E-state index in [-0.39, 0.29) is 11.9 Å². The molecule has 3 aromatic rings. The normalized spacial score (nSPS) is 20.4. The highest BCUT2D eigenvalue weighted by Gasteiger charge is 2.50. The summed E-state index contributed by atoms with van der Waals surface area (Å²) in [6, 6.07) is 23.6. The fraction of sp³-hybridized carbons (Fsp3) is 0.217. The monoisotopic (exact) mass is 374 g/mol. The van der Waals surface area contributed by atoms with Crippen LogP contribution in [0.15, 0.2) is 72.8 Å². The van der Waals surface area contributed by atoms with Crippen molar-refractivity contribution in [3.63, 3.8) is 0 Å². The molecule has 28 heavy (non-hydrogen) atoms. The van der Waals surface area contributed by atoms with Crippen LogP contribution in [0, 0.1) is 0 Å². The van der Waals surface area contributed by atoms with Gasteiger partial charge in [0.05, 0.1) is 7.05 Å². The Morgan fingerprint density at radius 1 is 0.929 bits per heavy atom. The number of urea groups is 1. The first-order valence-corrected chi connectivity index (χ1v) is 9.46. The topological polar surface area (TPSA) is 53.9 Å². The van der Waals surface area contributed by atoms with Crippen LogP contribution in [0.3, 0.4) is 0 Å². The number of amides is 3. The van der Waals surface area contributed by atoms with Gasteiger partial charge in [-0.15, -0.1) is 0 Å². The summed E-state index contributed by atoms with van der Waals surface area (Å²) in [5, 5.41) is 5.06. The first-order valence-electron chi connectivity index (χ1n) is 9.46. The first-order chi connectivity index (χ1) is 13.5. The zero-order valence-corrected chi connectivity index (χ0v) is 16.1. The van der Waals surface area contributed by atoms with Crippen molar-refractivity contribution in [2.45, 2.75) is 19.0 Å². The Labute approximate surface area is 164 Å². The lowest BCUT2D eigenvalue weighted by Crippen LogP contribution is -3.09. The molecule has 5 heteroatoms. The van der Waals surface area contributed by atoms with Crippen molar-refractivity contribution >= 4 is 22.7 Å². The highest BCUT2D eigenvalue weighted by Crippen LogP contribution is 2.30. The number of hydrogen-bond acceptors (Lipinski definition) is 2. The number of imide groups is 1. The molecule has 1 fully saturated rings. The first kappa shape index (κ1) is 18.2. The molecule has 4 rings (SSSR count). The molecule has 0 aromatic heterocycles. The minimum Gasteiger partial charge on any atom is -0.319 e. The van der Waals surface area contributed by atoms with Crippen molar-refractivity contribution in [2.75, 3.05) is 13.7 Å². The average molecular weight is 374 g/mol. The van der Waals surface area contributed by atoms with Gasteiger partial charge in [-0.25, -0.2) is 9.69 Å². The van der Waals surface area contributed by atoms with Gasteiger partial charge >= 0.3 is 6.03 Å². The van der Waals surface area contributed by atoms with Crippen molar-refractivity contribution in [1.82, 2.24) is 10.2 Å².